The molecule has 0 amide bonds. The predicted molar refractivity (Wildman–Crippen MR) is 112 cm³/mol. The van der Waals surface area contributed by atoms with Crippen molar-refractivity contribution in [2.45, 2.75) is 58.9 Å². The number of nitrogens with two attached hydrogens (primary N) is 1. The molecule has 0 aliphatic rings. The van der Waals surface area contributed by atoms with Gasteiger partial charge in [-0.15, -0.1) is 0 Å². The van der Waals surface area contributed by atoms with Crippen molar-refractivity contribution in [3.63, 3.8) is 0 Å². The monoisotopic (exact) mass is 393 g/mol. The van der Waals surface area contributed by atoms with E-state index < -0.39 is 0 Å². The number of hydrogen-bond acceptors (Lipinski definition) is 1. The molecule has 1 aromatic carbocycles. The average Bonchev–Trinajstić information content (AvgIpc) is 2.57. The van der Waals surface area contributed by atoms with Gasteiger partial charge < -0.3 is 5.73 Å². The summed E-state index contributed by atoms with van der Waals surface area (Å²) in [5.74, 6) is 0. The number of quaternary nitrogens is 1. The van der Waals surface area contributed by atoms with Crippen molar-refractivity contribution in [2.24, 2.45) is 5.73 Å². The molecule has 0 aliphatic heterocycles. The van der Waals surface area contributed by atoms with Gasteiger partial charge in [0.1, 0.15) is 6.54 Å². The standard InChI is InChI=1S/C21H34BrN2/c1-5-8-10-16-24(7-3,15-9-6-2)21-14-13-19(17-20(21)22)12-11-18(4)23/h6-7,9,13-14,17-18H,3,5,8,10-12,15-16,23H2,1-2,4H3/q+1. The Morgan fingerprint density at radius 1 is 1.33 bits per heavy atom. The summed E-state index contributed by atoms with van der Waals surface area (Å²) in [5.41, 5.74) is 8.52. The van der Waals surface area contributed by atoms with Crippen LogP contribution in [0.3, 0.4) is 0 Å². The topological polar surface area (TPSA) is 26.0 Å². The number of aryl methyl sites for hydroxylation is 1. The van der Waals surface area contributed by atoms with E-state index in [1.807, 2.05) is 0 Å². The zero-order valence-corrected chi connectivity index (χ0v) is 17.2. The zero-order chi connectivity index (χ0) is 18.0. The molecular weight excluding hydrogens is 360 g/mol. The number of hydrogen-bond donors (Lipinski definition) is 1. The van der Waals surface area contributed by atoms with E-state index in [1.165, 1.54) is 35.0 Å². The number of nitrogens with zero attached hydrogens (tertiary/aromatic N) is 1. The third-order valence-corrected chi connectivity index (χ3v) is 5.19. The van der Waals surface area contributed by atoms with Gasteiger partial charge in [0.25, 0.3) is 0 Å². The molecular formula is C21H34BrN2+. The van der Waals surface area contributed by atoms with Crippen LogP contribution in [-0.4, -0.2) is 19.1 Å². The minimum absolute atomic E-state index is 0.246. The quantitative estimate of drug-likeness (QED) is 0.280. The lowest BCUT2D eigenvalue weighted by molar-refractivity contribution is 0.390. The normalized spacial score (nSPS) is 15.4. The van der Waals surface area contributed by atoms with E-state index in [9.17, 15) is 0 Å². The molecule has 0 aromatic heterocycles. The van der Waals surface area contributed by atoms with Crippen molar-refractivity contribution >= 4 is 21.6 Å². The predicted octanol–water partition coefficient (Wildman–Crippen LogP) is 5.95. The first-order valence-electron chi connectivity index (χ1n) is 9.15. The average molecular weight is 394 g/mol. The van der Waals surface area contributed by atoms with E-state index in [2.05, 4.69) is 79.8 Å². The van der Waals surface area contributed by atoms with Gasteiger partial charge in [0.05, 0.1) is 17.2 Å². The summed E-state index contributed by atoms with van der Waals surface area (Å²) in [4.78, 5) is 0. The SMILES string of the molecule is C=C[N+](CC=CC)(CCCCC)c1ccc(CCC(C)N)cc1Br. The largest absolute Gasteiger partial charge is 0.328 e. The first kappa shape index (κ1) is 21.1. The van der Waals surface area contributed by atoms with Crippen LogP contribution in [0.25, 0.3) is 0 Å². The van der Waals surface area contributed by atoms with Crippen molar-refractivity contribution in [3.8, 4) is 0 Å². The van der Waals surface area contributed by atoms with E-state index in [-0.39, 0.29) is 6.04 Å². The Hall–Kier alpha value is -0.900. The van der Waals surface area contributed by atoms with E-state index in [0.717, 1.165) is 30.4 Å². The van der Waals surface area contributed by atoms with E-state index in [0.29, 0.717) is 0 Å². The summed E-state index contributed by atoms with van der Waals surface area (Å²) in [6.07, 6.45) is 12.2. The number of benzene rings is 1. The van der Waals surface area contributed by atoms with Crippen molar-refractivity contribution in [1.29, 1.82) is 0 Å². The lowest BCUT2D eigenvalue weighted by Crippen LogP contribution is -2.45. The Balaban J connectivity index is 3.09. The van der Waals surface area contributed by atoms with Gasteiger partial charge in [-0.2, -0.15) is 0 Å². The maximum Gasteiger partial charge on any atom is 0.152 e. The Morgan fingerprint density at radius 3 is 2.62 bits per heavy atom. The van der Waals surface area contributed by atoms with Crippen LogP contribution in [0.5, 0.6) is 0 Å². The fraction of sp³-hybridized carbons (Fsp3) is 0.524. The second-order valence-electron chi connectivity index (χ2n) is 6.70. The third kappa shape index (κ3) is 6.19. The van der Waals surface area contributed by atoms with Crippen LogP contribution in [0.1, 0.15) is 52.0 Å². The van der Waals surface area contributed by atoms with E-state index in [1.54, 1.807) is 0 Å². The highest BCUT2D eigenvalue weighted by molar-refractivity contribution is 9.10. The van der Waals surface area contributed by atoms with Gasteiger partial charge in [-0.3, -0.25) is 4.48 Å². The first-order chi connectivity index (χ1) is 11.5. The Bertz CT molecular complexity index is 537. The van der Waals surface area contributed by atoms with Crippen molar-refractivity contribution < 1.29 is 0 Å². The minimum Gasteiger partial charge on any atom is -0.328 e. The molecule has 2 nitrogen and oxygen atoms in total. The summed E-state index contributed by atoms with van der Waals surface area (Å²) in [6, 6.07) is 7.01. The van der Waals surface area contributed by atoms with E-state index in [4.69, 9.17) is 5.73 Å². The molecule has 0 radical (unpaired) electrons. The Kier molecular flexibility index (Phi) is 9.57. The second kappa shape index (κ2) is 10.9. The molecule has 0 spiro atoms. The molecule has 0 fully saturated rings. The molecule has 1 rings (SSSR count). The van der Waals surface area contributed by atoms with Crippen LogP contribution in [0.4, 0.5) is 5.69 Å². The molecule has 2 atom stereocenters. The molecule has 0 saturated carbocycles. The molecule has 0 bridgehead atoms. The maximum atomic E-state index is 5.89. The van der Waals surface area contributed by atoms with Crippen molar-refractivity contribution in [3.05, 3.63) is 53.2 Å². The van der Waals surface area contributed by atoms with Gasteiger partial charge in [-0.25, -0.2) is 0 Å². The van der Waals surface area contributed by atoms with E-state index >= 15 is 0 Å². The number of halogens is 1. The summed E-state index contributed by atoms with van der Waals surface area (Å²) in [5, 5.41) is 0. The summed E-state index contributed by atoms with van der Waals surface area (Å²) < 4.78 is 1.96. The molecule has 1 aromatic rings. The molecule has 0 aliphatic carbocycles. The molecule has 134 valence electrons. The van der Waals surface area contributed by atoms with Crippen LogP contribution in [0.15, 0.2) is 47.6 Å². The van der Waals surface area contributed by atoms with Crippen LogP contribution in [0, 0.1) is 0 Å². The van der Waals surface area contributed by atoms with Gasteiger partial charge in [0, 0.05) is 12.1 Å². The highest BCUT2D eigenvalue weighted by Crippen LogP contribution is 2.34. The van der Waals surface area contributed by atoms with Crippen molar-refractivity contribution in [2.75, 3.05) is 13.1 Å². The highest BCUT2D eigenvalue weighted by Gasteiger charge is 2.28. The smallest absolute Gasteiger partial charge is 0.152 e. The molecule has 2 unspecified atom stereocenters. The van der Waals surface area contributed by atoms with Crippen LogP contribution < -0.4 is 10.2 Å². The van der Waals surface area contributed by atoms with Crippen LogP contribution in [-0.2, 0) is 6.42 Å². The number of rotatable bonds is 11. The van der Waals surface area contributed by atoms with Gasteiger partial charge in [-0.1, -0.05) is 25.5 Å². The highest BCUT2D eigenvalue weighted by atomic mass is 79.9. The Labute approximate surface area is 157 Å². The van der Waals surface area contributed by atoms with Crippen molar-refractivity contribution in [1.82, 2.24) is 4.48 Å². The molecule has 2 N–H and O–H groups in total. The lowest BCUT2D eigenvalue weighted by Gasteiger charge is -2.34. The molecule has 24 heavy (non-hydrogen) atoms. The molecule has 0 saturated heterocycles. The maximum absolute atomic E-state index is 5.89. The molecule has 0 heterocycles. The Morgan fingerprint density at radius 2 is 2.08 bits per heavy atom. The summed E-state index contributed by atoms with van der Waals surface area (Å²) >= 11 is 3.81. The van der Waals surface area contributed by atoms with Gasteiger partial charge in [0.15, 0.2) is 5.69 Å². The van der Waals surface area contributed by atoms with Gasteiger partial charge in [-0.05, 0) is 79.7 Å². The fourth-order valence-electron chi connectivity index (χ4n) is 2.97. The number of allylic oxidation sites excluding steroid dienone is 1. The molecule has 3 heteroatoms. The van der Waals surface area contributed by atoms with Gasteiger partial charge >= 0.3 is 0 Å². The third-order valence-electron chi connectivity index (χ3n) is 4.56. The second-order valence-corrected chi connectivity index (χ2v) is 7.56. The first-order valence-corrected chi connectivity index (χ1v) is 9.94. The summed E-state index contributed by atoms with van der Waals surface area (Å²) in [6.45, 7) is 12.6. The number of unbranched alkanes of at least 4 members (excludes halogenated alkanes) is 2. The van der Waals surface area contributed by atoms with Crippen LogP contribution >= 0.6 is 15.9 Å². The fourth-order valence-corrected chi connectivity index (χ4v) is 3.75. The van der Waals surface area contributed by atoms with Crippen LogP contribution in [0.2, 0.25) is 0 Å². The lowest BCUT2D eigenvalue weighted by atomic mass is 10.0. The zero-order valence-electron chi connectivity index (χ0n) is 15.6. The summed E-state index contributed by atoms with van der Waals surface area (Å²) in [7, 11) is 0. The minimum atomic E-state index is 0.246. The van der Waals surface area contributed by atoms with Gasteiger partial charge in [0.2, 0.25) is 0 Å².